The Balaban J connectivity index is 1.53. The molecule has 2 aromatic carbocycles. The van der Waals surface area contributed by atoms with Crippen LogP contribution in [-0.4, -0.2) is 49.8 Å². The molecule has 9 nitrogen and oxygen atoms in total. The van der Waals surface area contributed by atoms with Gasteiger partial charge in [0, 0.05) is 28.9 Å². The first kappa shape index (κ1) is 25.4. The summed E-state index contributed by atoms with van der Waals surface area (Å²) < 4.78 is 11.8. The van der Waals surface area contributed by atoms with Gasteiger partial charge in [0.25, 0.3) is 5.91 Å². The van der Waals surface area contributed by atoms with Crippen molar-refractivity contribution in [2.45, 2.75) is 32.8 Å². The smallest absolute Gasteiger partial charge is 0.329 e. The lowest BCUT2D eigenvalue weighted by Gasteiger charge is -2.11. The molecule has 0 aromatic heterocycles. The fourth-order valence-electron chi connectivity index (χ4n) is 3.44. The van der Waals surface area contributed by atoms with E-state index in [4.69, 9.17) is 9.47 Å². The summed E-state index contributed by atoms with van der Waals surface area (Å²) in [7, 11) is 0. The van der Waals surface area contributed by atoms with Crippen molar-refractivity contribution in [3.8, 4) is 5.75 Å². The first-order valence-electron chi connectivity index (χ1n) is 10.8. The first-order chi connectivity index (χ1) is 16.3. The molecular formula is C24H27BrN4O5. The van der Waals surface area contributed by atoms with Gasteiger partial charge in [0.05, 0.1) is 12.3 Å². The fraction of sp³-hybridized carbons (Fsp3) is 0.333. The van der Waals surface area contributed by atoms with Crippen LogP contribution in [0.25, 0.3) is 0 Å². The highest BCUT2D eigenvalue weighted by atomic mass is 79.9. The number of anilines is 1. The number of ether oxygens (including phenoxy) is 2. The third-order valence-corrected chi connectivity index (χ3v) is 5.42. The number of hydrogen-bond donors (Lipinski definition) is 3. The van der Waals surface area contributed by atoms with Gasteiger partial charge in [0.15, 0.2) is 6.61 Å². The largest absolute Gasteiger partial charge is 0.483 e. The summed E-state index contributed by atoms with van der Waals surface area (Å²) in [5, 5.41) is 9.18. The lowest BCUT2D eigenvalue weighted by atomic mass is 10.1. The van der Waals surface area contributed by atoms with Crippen molar-refractivity contribution in [3.05, 3.63) is 57.6 Å². The van der Waals surface area contributed by atoms with Crippen LogP contribution in [0.3, 0.4) is 0 Å². The minimum Gasteiger partial charge on any atom is -0.483 e. The highest BCUT2D eigenvalue weighted by Gasteiger charge is 2.19. The van der Waals surface area contributed by atoms with E-state index in [0.29, 0.717) is 23.6 Å². The predicted octanol–water partition coefficient (Wildman–Crippen LogP) is 2.83. The molecule has 0 radical (unpaired) electrons. The average Bonchev–Trinajstić information content (AvgIpc) is 3.30. The number of benzene rings is 2. The number of hydrogen-bond acceptors (Lipinski definition) is 6. The Bertz CT molecular complexity index is 1060. The van der Waals surface area contributed by atoms with Crippen molar-refractivity contribution in [1.29, 1.82) is 0 Å². The molecule has 0 bridgehead atoms. The zero-order valence-electron chi connectivity index (χ0n) is 19.0. The number of hydrazone groups is 1. The number of carbonyl (C=O) groups is 3. The molecule has 1 aliphatic heterocycles. The third-order valence-electron chi connectivity index (χ3n) is 4.93. The summed E-state index contributed by atoms with van der Waals surface area (Å²) in [5.41, 5.74) is 5.49. The molecule has 0 spiro atoms. The van der Waals surface area contributed by atoms with Crippen molar-refractivity contribution in [2.24, 2.45) is 5.10 Å². The number of amides is 3. The maximum absolute atomic E-state index is 12.3. The summed E-state index contributed by atoms with van der Waals surface area (Å²) >= 11 is 3.37. The number of rotatable bonds is 8. The monoisotopic (exact) mass is 530 g/mol. The minimum atomic E-state index is -0.889. The molecule has 3 rings (SSSR count). The van der Waals surface area contributed by atoms with Crippen molar-refractivity contribution >= 4 is 45.6 Å². The predicted molar refractivity (Wildman–Crippen MR) is 132 cm³/mol. The SMILES string of the molecule is Cc1cc(C)cc(NC(=O)COc2ccc(Br)cc2/C=N\NC(=O)C(=O)NC[C@@H]2CCCO2)c1. The fourth-order valence-corrected chi connectivity index (χ4v) is 3.82. The van der Waals surface area contributed by atoms with E-state index in [2.05, 4.69) is 37.1 Å². The molecule has 0 unspecified atom stereocenters. The van der Waals surface area contributed by atoms with Crippen LogP contribution in [0.15, 0.2) is 46.0 Å². The van der Waals surface area contributed by atoms with Gasteiger partial charge in [-0.1, -0.05) is 22.0 Å². The Labute approximate surface area is 206 Å². The number of nitrogens with zero attached hydrogens (tertiary/aromatic N) is 1. The number of aryl methyl sites for hydroxylation is 2. The molecule has 0 aliphatic carbocycles. The molecule has 1 saturated heterocycles. The maximum Gasteiger partial charge on any atom is 0.329 e. The quantitative estimate of drug-likeness (QED) is 0.275. The summed E-state index contributed by atoms with van der Waals surface area (Å²) in [4.78, 5) is 36.2. The van der Waals surface area contributed by atoms with E-state index in [1.807, 2.05) is 32.0 Å². The molecule has 1 atom stereocenters. The molecule has 1 fully saturated rings. The standard InChI is InChI=1S/C24H27BrN4O5/c1-15-8-16(2)10-19(9-15)28-22(30)14-34-21-6-5-18(25)11-17(21)12-27-29-24(32)23(31)26-13-20-4-3-7-33-20/h5-6,8-12,20H,3-4,7,13-14H2,1-2H3,(H,26,31)(H,28,30)(H,29,32)/b27-12-/t20-/m0/s1. The van der Waals surface area contributed by atoms with Gasteiger partial charge in [-0.3, -0.25) is 14.4 Å². The lowest BCUT2D eigenvalue weighted by molar-refractivity contribution is -0.139. The zero-order valence-corrected chi connectivity index (χ0v) is 20.6. The Kier molecular flexibility index (Phi) is 9.17. The zero-order chi connectivity index (χ0) is 24.5. The van der Waals surface area contributed by atoms with Gasteiger partial charge in [-0.25, -0.2) is 5.43 Å². The van der Waals surface area contributed by atoms with Gasteiger partial charge in [0.2, 0.25) is 0 Å². The molecule has 34 heavy (non-hydrogen) atoms. The Morgan fingerprint density at radius 3 is 2.62 bits per heavy atom. The van der Waals surface area contributed by atoms with E-state index in [-0.39, 0.29) is 25.2 Å². The van der Waals surface area contributed by atoms with E-state index in [1.54, 1.807) is 18.2 Å². The van der Waals surface area contributed by atoms with Crippen molar-refractivity contribution < 1.29 is 23.9 Å². The Morgan fingerprint density at radius 2 is 1.91 bits per heavy atom. The van der Waals surface area contributed by atoms with Crippen LogP contribution in [0.5, 0.6) is 5.75 Å². The van der Waals surface area contributed by atoms with E-state index < -0.39 is 11.8 Å². The second-order valence-electron chi connectivity index (χ2n) is 7.94. The Morgan fingerprint density at radius 1 is 1.15 bits per heavy atom. The van der Waals surface area contributed by atoms with Gasteiger partial charge in [-0.05, 0) is 68.1 Å². The maximum atomic E-state index is 12.3. The number of nitrogens with one attached hydrogen (secondary N) is 3. The van der Waals surface area contributed by atoms with E-state index in [9.17, 15) is 14.4 Å². The second-order valence-corrected chi connectivity index (χ2v) is 8.86. The third kappa shape index (κ3) is 7.96. The van der Waals surface area contributed by atoms with Gasteiger partial charge < -0.3 is 20.1 Å². The normalized spacial score (nSPS) is 15.2. The molecule has 0 saturated carbocycles. The molecule has 1 aliphatic rings. The van der Waals surface area contributed by atoms with Crippen LogP contribution >= 0.6 is 15.9 Å². The number of carbonyl (C=O) groups excluding carboxylic acids is 3. The van der Waals surface area contributed by atoms with Crippen LogP contribution in [-0.2, 0) is 19.1 Å². The molecule has 180 valence electrons. The van der Waals surface area contributed by atoms with Crippen molar-refractivity contribution in [2.75, 3.05) is 25.1 Å². The average molecular weight is 531 g/mol. The van der Waals surface area contributed by atoms with Gasteiger partial charge >= 0.3 is 11.8 Å². The van der Waals surface area contributed by atoms with Crippen LogP contribution in [0.2, 0.25) is 0 Å². The molecule has 3 N–H and O–H groups in total. The van der Waals surface area contributed by atoms with Crippen LogP contribution in [0.1, 0.15) is 29.5 Å². The van der Waals surface area contributed by atoms with Gasteiger partial charge in [-0.2, -0.15) is 5.10 Å². The topological polar surface area (TPSA) is 118 Å². The second kappa shape index (κ2) is 12.3. The van der Waals surface area contributed by atoms with Gasteiger partial charge in [0.1, 0.15) is 5.75 Å². The van der Waals surface area contributed by atoms with Crippen molar-refractivity contribution in [1.82, 2.24) is 10.7 Å². The summed E-state index contributed by atoms with van der Waals surface area (Å²) in [6, 6.07) is 10.9. The lowest BCUT2D eigenvalue weighted by Crippen LogP contribution is -2.41. The highest BCUT2D eigenvalue weighted by Crippen LogP contribution is 2.22. The van der Waals surface area contributed by atoms with Crippen LogP contribution < -0.4 is 20.8 Å². The van der Waals surface area contributed by atoms with Gasteiger partial charge in [-0.15, -0.1) is 0 Å². The Hall–Kier alpha value is -3.24. The van der Waals surface area contributed by atoms with Crippen LogP contribution in [0, 0.1) is 13.8 Å². The van der Waals surface area contributed by atoms with Crippen molar-refractivity contribution in [3.63, 3.8) is 0 Å². The van der Waals surface area contributed by atoms with Crippen LogP contribution in [0.4, 0.5) is 5.69 Å². The minimum absolute atomic E-state index is 0.0613. The molecule has 3 amide bonds. The number of halogens is 1. The van der Waals surface area contributed by atoms with E-state index >= 15 is 0 Å². The molecule has 1 heterocycles. The first-order valence-corrected chi connectivity index (χ1v) is 11.6. The molecular weight excluding hydrogens is 504 g/mol. The molecule has 2 aromatic rings. The molecule has 10 heteroatoms. The summed E-state index contributed by atoms with van der Waals surface area (Å²) in [6.45, 7) is 4.65. The van der Waals surface area contributed by atoms with E-state index in [0.717, 1.165) is 28.4 Å². The van der Waals surface area contributed by atoms with E-state index in [1.165, 1.54) is 6.21 Å². The summed E-state index contributed by atoms with van der Waals surface area (Å²) in [6.07, 6.45) is 3.08. The summed E-state index contributed by atoms with van der Waals surface area (Å²) in [5.74, 6) is -1.60. The highest BCUT2D eigenvalue weighted by molar-refractivity contribution is 9.10.